The Balaban J connectivity index is 0.00000312. The molecule has 0 radical (unpaired) electrons. The normalized spacial score (nSPS) is 12.1. The van der Waals surface area contributed by atoms with Crippen LogP contribution in [-0.4, -0.2) is 25.9 Å². The molecule has 0 fully saturated rings. The van der Waals surface area contributed by atoms with Crippen LogP contribution in [0.2, 0.25) is 0 Å². The summed E-state index contributed by atoms with van der Waals surface area (Å²) < 4.78 is 65.0. The zero-order valence-electron chi connectivity index (χ0n) is 14.1. The van der Waals surface area contributed by atoms with Crippen LogP contribution in [0.3, 0.4) is 0 Å². The van der Waals surface area contributed by atoms with E-state index in [2.05, 4.69) is 0 Å². The van der Waals surface area contributed by atoms with E-state index in [1.54, 1.807) is 30.3 Å². The summed E-state index contributed by atoms with van der Waals surface area (Å²) in [6.07, 6.45) is 2.72. The summed E-state index contributed by atoms with van der Waals surface area (Å²) in [4.78, 5) is -2.19. The van der Waals surface area contributed by atoms with E-state index in [4.69, 9.17) is 11.5 Å². The Morgan fingerprint density at radius 3 is 1.88 bits per heavy atom. The zero-order valence-corrected chi connectivity index (χ0v) is 16.8. The molecule has 2 rings (SSSR count). The molecule has 0 aliphatic heterocycles. The SMILES string of the molecule is Nc1cc(C=Cc2ccccc2)c(S(=O)(=O)O)c(S(=O)(=O)O)c1N.[H-].[Na+]. The van der Waals surface area contributed by atoms with Crippen molar-refractivity contribution in [1.82, 2.24) is 0 Å². The van der Waals surface area contributed by atoms with Gasteiger partial charge in [-0.15, -0.1) is 0 Å². The quantitative estimate of drug-likeness (QED) is 0.214. The second kappa shape index (κ2) is 7.87. The van der Waals surface area contributed by atoms with Gasteiger partial charge in [0.2, 0.25) is 0 Å². The Morgan fingerprint density at radius 2 is 1.40 bits per heavy atom. The molecule has 130 valence electrons. The van der Waals surface area contributed by atoms with Gasteiger partial charge >= 0.3 is 29.6 Å². The summed E-state index contributed by atoms with van der Waals surface area (Å²) in [5.74, 6) is 0. The van der Waals surface area contributed by atoms with E-state index < -0.39 is 35.7 Å². The van der Waals surface area contributed by atoms with Crippen LogP contribution in [-0.2, 0) is 20.2 Å². The molecule has 11 heteroatoms. The maximum Gasteiger partial charge on any atom is 1.00 e. The van der Waals surface area contributed by atoms with Gasteiger partial charge in [0.1, 0.15) is 9.79 Å². The second-order valence-corrected chi connectivity index (χ2v) is 7.54. The number of hydrogen-bond acceptors (Lipinski definition) is 6. The predicted molar refractivity (Wildman–Crippen MR) is 91.4 cm³/mol. The van der Waals surface area contributed by atoms with E-state index in [0.29, 0.717) is 5.56 Å². The Morgan fingerprint density at radius 1 is 0.880 bits per heavy atom. The predicted octanol–water partition coefficient (Wildman–Crippen LogP) is -1.37. The number of anilines is 2. The van der Waals surface area contributed by atoms with Gasteiger partial charge in [0, 0.05) is 0 Å². The molecule has 0 aromatic heterocycles. The summed E-state index contributed by atoms with van der Waals surface area (Å²) in [6, 6.07) is 9.78. The molecule has 0 atom stereocenters. The van der Waals surface area contributed by atoms with Crippen LogP contribution >= 0.6 is 0 Å². The second-order valence-electron chi connectivity index (χ2n) is 4.82. The fourth-order valence-electron chi connectivity index (χ4n) is 2.09. The molecule has 0 heterocycles. The van der Waals surface area contributed by atoms with Crippen LogP contribution in [0.25, 0.3) is 12.2 Å². The molecule has 0 aliphatic carbocycles. The molecule has 0 aliphatic rings. The van der Waals surface area contributed by atoms with Crippen molar-refractivity contribution in [3.05, 3.63) is 47.5 Å². The topological polar surface area (TPSA) is 161 Å². The molecule has 2 aromatic carbocycles. The third-order valence-corrected chi connectivity index (χ3v) is 5.13. The minimum absolute atomic E-state index is 0. The van der Waals surface area contributed by atoms with Crippen LogP contribution in [0.4, 0.5) is 11.4 Å². The Bertz CT molecular complexity index is 1030. The number of hydrogen-bond donors (Lipinski definition) is 4. The molecule has 6 N–H and O–H groups in total. The minimum atomic E-state index is -5.05. The van der Waals surface area contributed by atoms with Crippen molar-refractivity contribution in [3.8, 4) is 0 Å². The number of nitrogens with two attached hydrogens (primary N) is 2. The summed E-state index contributed by atoms with van der Waals surface area (Å²) in [7, 11) is -10.1. The Labute approximate surface area is 168 Å². The van der Waals surface area contributed by atoms with E-state index in [1.165, 1.54) is 12.2 Å². The van der Waals surface area contributed by atoms with Crippen LogP contribution in [0.15, 0.2) is 46.2 Å². The summed E-state index contributed by atoms with van der Waals surface area (Å²) in [5, 5.41) is 0. The fourth-order valence-corrected chi connectivity index (χ4v) is 4.24. The average Bonchev–Trinajstić information content (AvgIpc) is 2.46. The first-order valence-corrected chi connectivity index (χ1v) is 9.30. The Kier molecular flexibility index (Phi) is 6.81. The molecule has 0 saturated carbocycles. The van der Waals surface area contributed by atoms with Crippen molar-refractivity contribution in [2.24, 2.45) is 0 Å². The van der Waals surface area contributed by atoms with Crippen molar-refractivity contribution in [3.63, 3.8) is 0 Å². The van der Waals surface area contributed by atoms with Gasteiger partial charge in [-0.2, -0.15) is 16.8 Å². The summed E-state index contributed by atoms with van der Waals surface area (Å²) >= 11 is 0. The first kappa shape index (κ1) is 21.6. The minimum Gasteiger partial charge on any atom is -1.00 e. The monoisotopic (exact) mass is 394 g/mol. The summed E-state index contributed by atoms with van der Waals surface area (Å²) in [6.45, 7) is 0. The maximum atomic E-state index is 11.6. The molecular weight excluding hydrogens is 379 g/mol. The fraction of sp³-hybridized carbons (Fsp3) is 0. The molecule has 0 unspecified atom stereocenters. The smallest absolute Gasteiger partial charge is 1.00 e. The van der Waals surface area contributed by atoms with Crippen LogP contribution in [0.1, 0.15) is 12.6 Å². The molecule has 2 aromatic rings. The van der Waals surface area contributed by atoms with E-state index in [-0.39, 0.29) is 42.2 Å². The van der Waals surface area contributed by atoms with Gasteiger partial charge in [-0.25, -0.2) is 0 Å². The maximum absolute atomic E-state index is 11.6. The molecule has 8 nitrogen and oxygen atoms in total. The van der Waals surface area contributed by atoms with Gasteiger partial charge in [0.05, 0.1) is 11.4 Å². The van der Waals surface area contributed by atoms with Crippen molar-refractivity contribution in [1.29, 1.82) is 0 Å². The summed E-state index contributed by atoms with van der Waals surface area (Å²) in [5.41, 5.74) is 10.6. The van der Waals surface area contributed by atoms with Crippen LogP contribution in [0.5, 0.6) is 0 Å². The van der Waals surface area contributed by atoms with E-state index in [1.807, 2.05) is 0 Å². The van der Waals surface area contributed by atoms with Gasteiger partial charge in [-0.05, 0) is 17.2 Å². The first-order valence-electron chi connectivity index (χ1n) is 6.42. The van der Waals surface area contributed by atoms with E-state index in [0.717, 1.165) is 6.07 Å². The van der Waals surface area contributed by atoms with Gasteiger partial charge in [0.25, 0.3) is 20.2 Å². The van der Waals surface area contributed by atoms with E-state index >= 15 is 0 Å². The first-order chi connectivity index (χ1) is 11.0. The van der Waals surface area contributed by atoms with Gasteiger partial charge in [-0.1, -0.05) is 42.5 Å². The van der Waals surface area contributed by atoms with Crippen molar-refractivity contribution in [2.45, 2.75) is 9.79 Å². The number of rotatable bonds is 4. The molecule has 0 bridgehead atoms. The number of nitrogen functional groups attached to an aromatic ring is 2. The Hall–Kier alpha value is -1.40. The molecular formula is C14H15N2NaO6S2. The molecule has 0 amide bonds. The molecule has 0 saturated heterocycles. The van der Waals surface area contributed by atoms with Gasteiger partial charge < -0.3 is 12.9 Å². The third kappa shape index (κ3) is 5.05. The van der Waals surface area contributed by atoms with Crippen LogP contribution < -0.4 is 41.0 Å². The average molecular weight is 394 g/mol. The van der Waals surface area contributed by atoms with Crippen molar-refractivity contribution >= 4 is 43.8 Å². The van der Waals surface area contributed by atoms with Crippen molar-refractivity contribution in [2.75, 3.05) is 11.5 Å². The van der Waals surface area contributed by atoms with Crippen molar-refractivity contribution < 1.29 is 56.9 Å². The van der Waals surface area contributed by atoms with E-state index in [9.17, 15) is 25.9 Å². The van der Waals surface area contributed by atoms with Gasteiger partial charge in [-0.3, -0.25) is 9.11 Å². The zero-order chi connectivity index (χ0) is 18.1. The standard InChI is InChI=1S/C14H14N2O6S2.Na.H/c15-11-8-10(7-6-9-4-2-1-3-5-9)13(23(17,18)19)14(12(11)16)24(20,21)22;;/h1-8H,15-16H2,(H,17,18,19)(H,20,21,22);;/q;+1;-1. The van der Waals surface area contributed by atoms with Crippen LogP contribution in [0, 0.1) is 0 Å². The van der Waals surface area contributed by atoms with Gasteiger partial charge in [0.15, 0.2) is 0 Å². The largest absolute Gasteiger partial charge is 1.00 e. The molecule has 25 heavy (non-hydrogen) atoms. The third-order valence-electron chi connectivity index (χ3n) is 3.11. The molecule has 0 spiro atoms. The number of benzene rings is 2.